The number of anilines is 1. The summed E-state index contributed by atoms with van der Waals surface area (Å²) in [6.45, 7) is 4.70. The number of aliphatic hydroxyl groups is 1. The summed E-state index contributed by atoms with van der Waals surface area (Å²) in [5, 5.41) is 10.0. The van der Waals surface area contributed by atoms with Crippen molar-refractivity contribution in [3.8, 4) is 0 Å². The molecule has 5 heteroatoms. The van der Waals surface area contributed by atoms with E-state index in [1.807, 2.05) is 13.8 Å². The Balaban J connectivity index is 2.62. The van der Waals surface area contributed by atoms with Gasteiger partial charge in [0.05, 0.1) is 0 Å². The smallest absolute Gasteiger partial charge is 0.183 e. The summed E-state index contributed by atoms with van der Waals surface area (Å²) in [5.74, 6) is 0. The number of rotatable bonds is 7. The fraction of sp³-hybridized carbons (Fsp3) is 0.583. The molecule has 0 radical (unpaired) electrons. The number of aliphatic hydroxyl groups excluding tert-OH is 1. The lowest BCUT2D eigenvalue weighted by Crippen LogP contribution is -2.33. The molecule has 0 amide bonds. The SMILES string of the molecule is CCOC(OCC)C(O)Cc1cnccc1N. The molecule has 0 aromatic carbocycles. The number of aromatic nitrogens is 1. The lowest BCUT2D eigenvalue weighted by Gasteiger charge is -2.22. The minimum Gasteiger partial charge on any atom is -0.398 e. The highest BCUT2D eigenvalue weighted by atomic mass is 16.7. The Morgan fingerprint density at radius 3 is 2.53 bits per heavy atom. The van der Waals surface area contributed by atoms with E-state index in [4.69, 9.17) is 15.2 Å². The van der Waals surface area contributed by atoms with Gasteiger partial charge in [0.15, 0.2) is 6.29 Å². The number of pyridine rings is 1. The molecule has 0 bridgehead atoms. The predicted molar refractivity (Wildman–Crippen MR) is 65.4 cm³/mol. The van der Waals surface area contributed by atoms with E-state index in [-0.39, 0.29) is 0 Å². The van der Waals surface area contributed by atoms with Crippen molar-refractivity contribution in [1.29, 1.82) is 0 Å². The van der Waals surface area contributed by atoms with Crippen molar-refractivity contribution in [3.05, 3.63) is 24.0 Å². The summed E-state index contributed by atoms with van der Waals surface area (Å²) in [4.78, 5) is 3.98. The van der Waals surface area contributed by atoms with Crippen LogP contribution in [0.25, 0.3) is 0 Å². The molecule has 0 fully saturated rings. The fourth-order valence-corrected chi connectivity index (χ4v) is 1.53. The lowest BCUT2D eigenvalue weighted by atomic mass is 10.1. The first-order valence-electron chi connectivity index (χ1n) is 5.78. The quantitative estimate of drug-likeness (QED) is 0.694. The van der Waals surface area contributed by atoms with Crippen molar-refractivity contribution in [1.82, 2.24) is 4.98 Å². The maximum absolute atomic E-state index is 10.0. The molecule has 1 aromatic rings. The average molecular weight is 240 g/mol. The molecule has 1 unspecified atom stereocenters. The van der Waals surface area contributed by atoms with Gasteiger partial charge in [-0.2, -0.15) is 0 Å². The highest BCUT2D eigenvalue weighted by molar-refractivity contribution is 5.44. The second kappa shape index (κ2) is 7.21. The van der Waals surface area contributed by atoms with Gasteiger partial charge in [0.25, 0.3) is 0 Å². The summed E-state index contributed by atoms with van der Waals surface area (Å²) >= 11 is 0. The summed E-state index contributed by atoms with van der Waals surface area (Å²) in [7, 11) is 0. The molecule has 1 aromatic heterocycles. The van der Waals surface area contributed by atoms with E-state index >= 15 is 0 Å². The Morgan fingerprint density at radius 2 is 2.00 bits per heavy atom. The van der Waals surface area contributed by atoms with E-state index in [1.165, 1.54) is 0 Å². The Labute approximate surface area is 102 Å². The summed E-state index contributed by atoms with van der Waals surface area (Å²) in [6.07, 6.45) is 2.26. The van der Waals surface area contributed by atoms with E-state index in [0.29, 0.717) is 25.3 Å². The molecule has 0 saturated carbocycles. The molecule has 17 heavy (non-hydrogen) atoms. The number of hydrogen-bond acceptors (Lipinski definition) is 5. The zero-order chi connectivity index (χ0) is 12.7. The highest BCUT2D eigenvalue weighted by Crippen LogP contribution is 2.14. The third-order valence-corrected chi connectivity index (χ3v) is 2.35. The molecule has 1 rings (SSSR count). The van der Waals surface area contributed by atoms with Crippen LogP contribution in [0.4, 0.5) is 5.69 Å². The Morgan fingerprint density at radius 1 is 1.35 bits per heavy atom. The van der Waals surface area contributed by atoms with Gasteiger partial charge in [-0.05, 0) is 25.5 Å². The number of hydrogen-bond donors (Lipinski definition) is 2. The van der Waals surface area contributed by atoms with Gasteiger partial charge in [0, 0.05) is 37.7 Å². The number of nitrogens with zero attached hydrogens (tertiary/aromatic N) is 1. The molecular weight excluding hydrogens is 220 g/mol. The minimum absolute atomic E-state index is 0.365. The van der Waals surface area contributed by atoms with Gasteiger partial charge in [0.1, 0.15) is 6.10 Å². The first kappa shape index (κ1) is 13.9. The fourth-order valence-electron chi connectivity index (χ4n) is 1.53. The zero-order valence-corrected chi connectivity index (χ0v) is 10.3. The van der Waals surface area contributed by atoms with Crippen molar-refractivity contribution in [3.63, 3.8) is 0 Å². The lowest BCUT2D eigenvalue weighted by molar-refractivity contribution is -0.188. The van der Waals surface area contributed by atoms with E-state index in [9.17, 15) is 5.11 Å². The van der Waals surface area contributed by atoms with Gasteiger partial charge in [-0.25, -0.2) is 0 Å². The van der Waals surface area contributed by atoms with E-state index in [1.54, 1.807) is 18.5 Å². The van der Waals surface area contributed by atoms with Crippen molar-refractivity contribution in [2.45, 2.75) is 32.7 Å². The van der Waals surface area contributed by atoms with Gasteiger partial charge >= 0.3 is 0 Å². The van der Waals surface area contributed by atoms with Gasteiger partial charge in [-0.3, -0.25) is 4.98 Å². The monoisotopic (exact) mass is 240 g/mol. The Bertz CT molecular complexity index is 327. The van der Waals surface area contributed by atoms with Crippen LogP contribution in [0.3, 0.4) is 0 Å². The molecule has 1 heterocycles. The van der Waals surface area contributed by atoms with Crippen LogP contribution in [0.15, 0.2) is 18.5 Å². The average Bonchev–Trinajstić information content (AvgIpc) is 2.32. The van der Waals surface area contributed by atoms with Gasteiger partial charge < -0.3 is 20.3 Å². The molecule has 3 N–H and O–H groups in total. The maximum Gasteiger partial charge on any atom is 0.183 e. The topological polar surface area (TPSA) is 77.6 Å². The summed E-state index contributed by atoms with van der Waals surface area (Å²) < 4.78 is 10.6. The van der Waals surface area contributed by atoms with Crippen LogP contribution in [-0.4, -0.2) is 35.7 Å². The molecule has 1 atom stereocenters. The first-order chi connectivity index (χ1) is 8.19. The molecule has 5 nitrogen and oxygen atoms in total. The zero-order valence-electron chi connectivity index (χ0n) is 10.3. The Hall–Kier alpha value is -1.17. The molecule has 0 aliphatic rings. The predicted octanol–water partition coefficient (Wildman–Crippen LogP) is 0.966. The second-order valence-electron chi connectivity index (χ2n) is 3.63. The largest absolute Gasteiger partial charge is 0.398 e. The van der Waals surface area contributed by atoms with Crippen LogP contribution in [-0.2, 0) is 15.9 Å². The van der Waals surface area contributed by atoms with Crippen LogP contribution in [0.5, 0.6) is 0 Å². The van der Waals surface area contributed by atoms with Crippen molar-refractivity contribution in [2.24, 2.45) is 0 Å². The highest BCUT2D eigenvalue weighted by Gasteiger charge is 2.20. The normalized spacial score (nSPS) is 12.9. The Kier molecular flexibility index (Phi) is 5.90. The summed E-state index contributed by atoms with van der Waals surface area (Å²) in [6, 6.07) is 1.71. The van der Waals surface area contributed by atoms with E-state index in [0.717, 1.165) is 5.56 Å². The number of ether oxygens (including phenoxy) is 2. The third kappa shape index (κ3) is 4.30. The van der Waals surface area contributed by atoms with E-state index < -0.39 is 12.4 Å². The van der Waals surface area contributed by atoms with Crippen molar-refractivity contribution < 1.29 is 14.6 Å². The molecule has 96 valence electrons. The van der Waals surface area contributed by atoms with Crippen LogP contribution in [0, 0.1) is 0 Å². The van der Waals surface area contributed by atoms with Crippen molar-refractivity contribution >= 4 is 5.69 Å². The maximum atomic E-state index is 10.0. The van der Waals surface area contributed by atoms with Gasteiger partial charge in [0.2, 0.25) is 0 Å². The minimum atomic E-state index is -0.749. The number of nitrogens with two attached hydrogens (primary N) is 1. The molecule has 0 aliphatic carbocycles. The van der Waals surface area contributed by atoms with E-state index in [2.05, 4.69) is 4.98 Å². The van der Waals surface area contributed by atoms with Crippen molar-refractivity contribution in [2.75, 3.05) is 18.9 Å². The number of nitrogen functional groups attached to an aromatic ring is 1. The second-order valence-corrected chi connectivity index (χ2v) is 3.63. The standard InChI is InChI=1S/C12H20N2O3/c1-3-16-12(17-4-2)11(15)7-9-8-14-6-5-10(9)13/h5-6,8,11-12,15H,3-4,7H2,1-2H3,(H2,13,14). The molecule has 0 saturated heterocycles. The third-order valence-electron chi connectivity index (χ3n) is 2.35. The van der Waals surface area contributed by atoms with Crippen LogP contribution in [0.1, 0.15) is 19.4 Å². The molecule has 0 spiro atoms. The van der Waals surface area contributed by atoms with Gasteiger partial charge in [-0.15, -0.1) is 0 Å². The summed E-state index contributed by atoms with van der Waals surface area (Å²) in [5.41, 5.74) is 7.20. The molecule has 0 aliphatic heterocycles. The first-order valence-corrected chi connectivity index (χ1v) is 5.78. The van der Waals surface area contributed by atoms with Crippen LogP contribution >= 0.6 is 0 Å². The molecular formula is C12H20N2O3. The van der Waals surface area contributed by atoms with Crippen LogP contribution < -0.4 is 5.73 Å². The van der Waals surface area contributed by atoms with Gasteiger partial charge in [-0.1, -0.05) is 0 Å². The van der Waals surface area contributed by atoms with Crippen LogP contribution in [0.2, 0.25) is 0 Å².